The highest BCUT2D eigenvalue weighted by Gasteiger charge is 2.29. The summed E-state index contributed by atoms with van der Waals surface area (Å²) < 4.78 is 46.3. The second kappa shape index (κ2) is 8.57. The van der Waals surface area contributed by atoms with Crippen molar-refractivity contribution in [3.8, 4) is 22.7 Å². The number of ether oxygens (including phenoxy) is 1. The lowest BCUT2D eigenvalue weighted by Crippen LogP contribution is -2.21. The van der Waals surface area contributed by atoms with E-state index in [0.717, 1.165) is 23.0 Å². The summed E-state index contributed by atoms with van der Waals surface area (Å²) in [6.45, 7) is 0.564. The Hall–Kier alpha value is -4.14. The first-order chi connectivity index (χ1) is 16.7. The molecule has 0 saturated carbocycles. The van der Waals surface area contributed by atoms with Gasteiger partial charge in [0.2, 0.25) is 5.88 Å². The fourth-order valence-electron chi connectivity index (χ4n) is 4.04. The van der Waals surface area contributed by atoms with Crippen molar-refractivity contribution < 1.29 is 17.9 Å². The van der Waals surface area contributed by atoms with Crippen LogP contribution < -0.4 is 10.3 Å². The highest BCUT2D eigenvalue weighted by molar-refractivity contribution is 5.93. The van der Waals surface area contributed by atoms with Gasteiger partial charge in [-0.05, 0) is 41.8 Å². The van der Waals surface area contributed by atoms with Crippen LogP contribution in [0.25, 0.3) is 38.8 Å². The second-order valence-electron chi connectivity index (χ2n) is 8.25. The first-order valence-electron chi connectivity index (χ1n) is 11.0. The number of imidazole rings is 1. The zero-order valence-electron chi connectivity index (χ0n) is 19.0. The molecule has 35 heavy (non-hydrogen) atoms. The Morgan fingerprint density at radius 2 is 1.80 bits per heavy atom. The molecule has 0 spiro atoms. The highest BCUT2D eigenvalue weighted by atomic mass is 19.4. The topological polar surface area (TPSA) is 61.9 Å². The minimum absolute atomic E-state index is 0.199. The van der Waals surface area contributed by atoms with Crippen LogP contribution in [0.4, 0.5) is 13.2 Å². The Morgan fingerprint density at radius 3 is 2.51 bits per heavy atom. The van der Waals surface area contributed by atoms with Crippen molar-refractivity contribution in [2.75, 3.05) is 6.61 Å². The predicted octanol–water partition coefficient (Wildman–Crippen LogP) is 5.44. The van der Waals surface area contributed by atoms with E-state index in [4.69, 9.17) is 4.74 Å². The molecule has 3 heterocycles. The van der Waals surface area contributed by atoms with Crippen molar-refractivity contribution in [2.24, 2.45) is 7.05 Å². The molecule has 0 amide bonds. The molecular formula is C26H21F3N4O2. The van der Waals surface area contributed by atoms with Crippen LogP contribution in [0, 0.1) is 0 Å². The SMILES string of the molecule is CCc1ccc(-c2c(=O)n(-c3ccc4ncn(C)c4c3)cc3ccc(OCC(F)(F)F)nc23)cc1. The number of rotatable bonds is 5. The molecule has 0 aliphatic rings. The number of nitrogens with zero attached hydrogens (tertiary/aromatic N) is 4. The fraction of sp³-hybridized carbons (Fsp3) is 0.192. The lowest BCUT2D eigenvalue weighted by atomic mass is 10.0. The summed E-state index contributed by atoms with van der Waals surface area (Å²) in [5, 5.41) is 0.587. The third-order valence-electron chi connectivity index (χ3n) is 5.86. The van der Waals surface area contributed by atoms with Crippen LogP contribution in [0.2, 0.25) is 0 Å². The molecule has 3 aromatic heterocycles. The van der Waals surface area contributed by atoms with Gasteiger partial charge in [-0.2, -0.15) is 13.2 Å². The van der Waals surface area contributed by atoms with Gasteiger partial charge in [-0.25, -0.2) is 9.97 Å². The summed E-state index contributed by atoms with van der Waals surface area (Å²) in [5.74, 6) is -0.199. The molecule has 0 fully saturated rings. The minimum Gasteiger partial charge on any atom is -0.468 e. The molecule has 2 aromatic carbocycles. The Bertz CT molecular complexity index is 1600. The van der Waals surface area contributed by atoms with Crippen LogP contribution >= 0.6 is 0 Å². The molecule has 5 aromatic rings. The van der Waals surface area contributed by atoms with E-state index in [1.807, 2.05) is 54.9 Å². The van der Waals surface area contributed by atoms with Crippen LogP contribution in [0.3, 0.4) is 0 Å². The van der Waals surface area contributed by atoms with Crippen LogP contribution in [-0.4, -0.2) is 31.9 Å². The molecule has 0 aliphatic carbocycles. The van der Waals surface area contributed by atoms with Crippen molar-refractivity contribution in [2.45, 2.75) is 19.5 Å². The Kier molecular flexibility index (Phi) is 5.55. The summed E-state index contributed by atoms with van der Waals surface area (Å²) in [6.07, 6.45) is -0.327. The van der Waals surface area contributed by atoms with E-state index in [-0.39, 0.29) is 22.5 Å². The molecule has 0 aliphatic heterocycles. The Labute approximate surface area is 198 Å². The molecule has 0 radical (unpaired) electrons. The van der Waals surface area contributed by atoms with Gasteiger partial charge in [0.05, 0.1) is 34.1 Å². The molecule has 9 heteroatoms. The predicted molar refractivity (Wildman–Crippen MR) is 128 cm³/mol. The molecule has 5 rings (SSSR count). The van der Waals surface area contributed by atoms with E-state index in [1.165, 1.54) is 10.6 Å². The second-order valence-corrected chi connectivity index (χ2v) is 8.25. The molecule has 0 unspecified atom stereocenters. The lowest BCUT2D eigenvalue weighted by molar-refractivity contribution is -0.154. The molecule has 178 valence electrons. The number of hydrogen-bond acceptors (Lipinski definition) is 4. The van der Waals surface area contributed by atoms with Gasteiger partial charge in [-0.15, -0.1) is 0 Å². The van der Waals surface area contributed by atoms with Crippen LogP contribution in [0.1, 0.15) is 12.5 Å². The van der Waals surface area contributed by atoms with Crippen molar-refractivity contribution in [3.05, 3.63) is 83.0 Å². The van der Waals surface area contributed by atoms with Crippen LogP contribution in [0.15, 0.2) is 71.9 Å². The smallest absolute Gasteiger partial charge is 0.422 e. The van der Waals surface area contributed by atoms with Gasteiger partial charge in [0.1, 0.15) is 0 Å². The van der Waals surface area contributed by atoms with Gasteiger partial charge in [-0.1, -0.05) is 31.2 Å². The number of pyridine rings is 2. The van der Waals surface area contributed by atoms with Gasteiger partial charge < -0.3 is 9.30 Å². The normalized spacial score (nSPS) is 11.9. The van der Waals surface area contributed by atoms with Gasteiger partial charge in [0.15, 0.2) is 6.61 Å². The van der Waals surface area contributed by atoms with E-state index in [2.05, 4.69) is 9.97 Å². The summed E-state index contributed by atoms with van der Waals surface area (Å²) >= 11 is 0. The number of fused-ring (bicyclic) bond motifs is 2. The molecule has 0 N–H and O–H groups in total. The Morgan fingerprint density at radius 1 is 1.03 bits per heavy atom. The molecule has 6 nitrogen and oxygen atoms in total. The van der Waals surface area contributed by atoms with Crippen molar-refractivity contribution in [3.63, 3.8) is 0 Å². The van der Waals surface area contributed by atoms with Crippen molar-refractivity contribution in [1.82, 2.24) is 19.1 Å². The average molecular weight is 478 g/mol. The van der Waals surface area contributed by atoms with Gasteiger partial charge >= 0.3 is 6.18 Å². The first-order valence-corrected chi connectivity index (χ1v) is 11.0. The Balaban J connectivity index is 1.73. The summed E-state index contributed by atoms with van der Waals surface area (Å²) in [6, 6.07) is 16.0. The third kappa shape index (κ3) is 4.37. The zero-order chi connectivity index (χ0) is 24.7. The largest absolute Gasteiger partial charge is 0.468 e. The number of aryl methyl sites for hydroxylation is 2. The monoisotopic (exact) mass is 478 g/mol. The number of benzene rings is 2. The maximum Gasteiger partial charge on any atom is 0.422 e. The van der Waals surface area contributed by atoms with Crippen molar-refractivity contribution in [1.29, 1.82) is 0 Å². The van der Waals surface area contributed by atoms with Crippen LogP contribution in [-0.2, 0) is 13.5 Å². The number of alkyl halides is 3. The van der Waals surface area contributed by atoms with Gasteiger partial charge in [0, 0.05) is 24.7 Å². The maximum absolute atomic E-state index is 13.8. The summed E-state index contributed by atoms with van der Waals surface area (Å²) in [5.41, 5.74) is 4.22. The quantitative estimate of drug-likeness (QED) is 0.337. The number of aromatic nitrogens is 4. The van der Waals surface area contributed by atoms with E-state index >= 15 is 0 Å². The maximum atomic E-state index is 13.8. The van der Waals surface area contributed by atoms with Gasteiger partial charge in [0.25, 0.3) is 5.56 Å². The number of hydrogen-bond donors (Lipinski definition) is 0. The van der Waals surface area contributed by atoms with Crippen LogP contribution in [0.5, 0.6) is 5.88 Å². The fourth-order valence-corrected chi connectivity index (χ4v) is 4.04. The average Bonchev–Trinajstić information content (AvgIpc) is 3.22. The molecule has 0 bridgehead atoms. The van der Waals surface area contributed by atoms with E-state index in [1.54, 1.807) is 24.7 Å². The molecular weight excluding hydrogens is 457 g/mol. The first kappa shape index (κ1) is 22.6. The summed E-state index contributed by atoms with van der Waals surface area (Å²) in [4.78, 5) is 22.4. The zero-order valence-corrected chi connectivity index (χ0v) is 19.0. The van der Waals surface area contributed by atoms with E-state index in [9.17, 15) is 18.0 Å². The third-order valence-corrected chi connectivity index (χ3v) is 5.86. The van der Waals surface area contributed by atoms with E-state index < -0.39 is 12.8 Å². The minimum atomic E-state index is -4.50. The summed E-state index contributed by atoms with van der Waals surface area (Å²) in [7, 11) is 1.87. The molecule has 0 saturated heterocycles. The highest BCUT2D eigenvalue weighted by Crippen LogP contribution is 2.28. The number of halogens is 3. The standard InChI is InChI=1S/C26H21F3N4O2/c1-3-16-4-6-17(7-5-16)23-24-18(8-11-22(31-24)35-14-26(27,28)29)13-33(25(23)34)19-9-10-20-21(12-19)32(2)15-30-20/h4-13,15H,3,14H2,1-2H3. The van der Waals surface area contributed by atoms with E-state index in [0.29, 0.717) is 16.6 Å². The van der Waals surface area contributed by atoms with Crippen molar-refractivity contribution >= 4 is 21.9 Å². The molecule has 0 atom stereocenters. The lowest BCUT2D eigenvalue weighted by Gasteiger charge is -2.14. The van der Waals surface area contributed by atoms with Gasteiger partial charge in [-0.3, -0.25) is 9.36 Å².